The maximum absolute atomic E-state index is 4.25. The summed E-state index contributed by atoms with van der Waals surface area (Å²) in [6.07, 6.45) is 4.88. The van der Waals surface area contributed by atoms with Crippen LogP contribution in [-0.2, 0) is 6.42 Å². The highest BCUT2D eigenvalue weighted by Gasteiger charge is 2.19. The number of hydrogen-bond acceptors (Lipinski definition) is 1. The van der Waals surface area contributed by atoms with E-state index in [0.717, 1.165) is 6.42 Å². The van der Waals surface area contributed by atoms with Crippen LogP contribution in [0.15, 0.2) is 54.9 Å². The van der Waals surface area contributed by atoms with Gasteiger partial charge in [0.2, 0.25) is 0 Å². The number of fused-ring (bicyclic) bond motifs is 5. The van der Waals surface area contributed by atoms with Crippen LogP contribution in [0.2, 0.25) is 0 Å². The van der Waals surface area contributed by atoms with Gasteiger partial charge in [-0.1, -0.05) is 36.4 Å². The van der Waals surface area contributed by atoms with Crippen molar-refractivity contribution in [2.45, 2.75) is 6.42 Å². The molecule has 0 N–H and O–H groups in total. The molecule has 0 amide bonds. The molecule has 0 unspecified atom stereocenters. The Hall–Kier alpha value is -1.57. The molecule has 2 aromatic carbocycles. The number of aromatic nitrogens is 1. The molecule has 1 heterocycles. The number of nitrogens with zero attached hydrogens (tertiary/aromatic N) is 1. The summed E-state index contributed by atoms with van der Waals surface area (Å²) < 4.78 is 0. The Morgan fingerprint density at radius 3 is 2.58 bits per heavy atom. The van der Waals surface area contributed by atoms with Crippen molar-refractivity contribution in [3.05, 3.63) is 66.0 Å². The summed E-state index contributed by atoms with van der Waals surface area (Å²) in [6, 6.07) is 15.2. The molecule has 19 heavy (non-hydrogen) atoms. The van der Waals surface area contributed by atoms with Crippen LogP contribution < -0.4 is 0 Å². The average molecular weight is 290 g/mol. The molecule has 1 aliphatic rings. The van der Waals surface area contributed by atoms with Gasteiger partial charge in [0, 0.05) is 17.8 Å². The lowest BCUT2D eigenvalue weighted by Crippen LogP contribution is -1.84. The molecule has 3 heteroatoms. The van der Waals surface area contributed by atoms with Gasteiger partial charge < -0.3 is 0 Å². The maximum Gasteiger partial charge on any atom is 0.0349 e. The Morgan fingerprint density at radius 1 is 0.842 bits per heavy atom. The summed E-state index contributed by atoms with van der Waals surface area (Å²) in [6.45, 7) is 0. The Morgan fingerprint density at radius 2 is 1.68 bits per heavy atom. The van der Waals surface area contributed by atoms with Gasteiger partial charge in [0.05, 0.1) is 0 Å². The van der Waals surface area contributed by atoms with Gasteiger partial charge in [0.15, 0.2) is 0 Å². The number of rotatable bonds is 0. The molecule has 1 aliphatic carbocycles. The predicted octanol–water partition coefficient (Wildman–Crippen LogP) is 4.65. The van der Waals surface area contributed by atoms with Gasteiger partial charge >= 0.3 is 0 Å². The summed E-state index contributed by atoms with van der Waals surface area (Å²) in [7, 11) is 0. The van der Waals surface area contributed by atoms with Crippen LogP contribution >= 0.6 is 24.8 Å². The van der Waals surface area contributed by atoms with Gasteiger partial charge in [-0.25, -0.2) is 0 Å². The third-order valence-corrected chi connectivity index (χ3v) is 3.61. The lowest BCUT2D eigenvalue weighted by molar-refractivity contribution is 1.27. The Kier molecular flexibility index (Phi) is 3.79. The topological polar surface area (TPSA) is 12.9 Å². The number of pyridine rings is 1. The van der Waals surface area contributed by atoms with Crippen molar-refractivity contribution in [1.29, 1.82) is 0 Å². The third kappa shape index (κ3) is 1.99. The Bertz CT molecular complexity index is 738. The first-order valence-electron chi connectivity index (χ1n) is 5.87. The maximum atomic E-state index is 4.25. The molecule has 4 rings (SSSR count). The molecular formula is C16H13Cl2N. The minimum absolute atomic E-state index is 0. The second kappa shape index (κ2) is 5.20. The molecule has 1 aromatic heterocycles. The monoisotopic (exact) mass is 289 g/mol. The summed E-state index contributed by atoms with van der Waals surface area (Å²) >= 11 is 0. The standard InChI is InChI=1S/C16H11N.2ClH/c1-2-4-13-12(3-1)9-15-14(13)6-5-11-7-8-17-10-16(11)15;;/h1-8,10H,9H2;2*1H. The molecule has 0 fully saturated rings. The zero-order valence-corrected chi connectivity index (χ0v) is 11.8. The molecule has 0 aliphatic heterocycles. The third-order valence-electron chi connectivity index (χ3n) is 3.61. The van der Waals surface area contributed by atoms with Gasteiger partial charge in [-0.05, 0) is 40.1 Å². The van der Waals surface area contributed by atoms with E-state index in [1.54, 1.807) is 0 Å². The van der Waals surface area contributed by atoms with Crippen LogP contribution in [0.1, 0.15) is 11.1 Å². The molecule has 1 nitrogen and oxygen atoms in total. The van der Waals surface area contributed by atoms with E-state index in [-0.39, 0.29) is 24.8 Å². The lowest BCUT2D eigenvalue weighted by Gasteiger charge is -2.04. The van der Waals surface area contributed by atoms with Crippen molar-refractivity contribution in [3.63, 3.8) is 0 Å². The molecule has 0 radical (unpaired) electrons. The molecule has 96 valence electrons. The zero-order chi connectivity index (χ0) is 11.2. The van der Waals surface area contributed by atoms with Crippen molar-refractivity contribution in [2.75, 3.05) is 0 Å². The fourth-order valence-electron chi connectivity index (χ4n) is 2.79. The van der Waals surface area contributed by atoms with Crippen LogP contribution in [0.3, 0.4) is 0 Å². The van der Waals surface area contributed by atoms with Gasteiger partial charge in [-0.3, -0.25) is 4.98 Å². The van der Waals surface area contributed by atoms with E-state index in [1.807, 2.05) is 12.4 Å². The van der Waals surface area contributed by atoms with Crippen LogP contribution in [0.25, 0.3) is 21.9 Å². The van der Waals surface area contributed by atoms with E-state index in [4.69, 9.17) is 0 Å². The second-order valence-electron chi connectivity index (χ2n) is 4.52. The van der Waals surface area contributed by atoms with Gasteiger partial charge in [-0.2, -0.15) is 0 Å². The quantitative estimate of drug-likeness (QED) is 0.459. The Labute approximate surface area is 124 Å². The highest BCUT2D eigenvalue weighted by Crippen LogP contribution is 2.39. The van der Waals surface area contributed by atoms with E-state index in [0.29, 0.717) is 0 Å². The molecular weight excluding hydrogens is 277 g/mol. The summed E-state index contributed by atoms with van der Waals surface area (Å²) in [5.74, 6) is 0. The van der Waals surface area contributed by atoms with Gasteiger partial charge in [0.25, 0.3) is 0 Å². The molecule has 0 atom stereocenters. The van der Waals surface area contributed by atoms with Crippen molar-refractivity contribution in [2.24, 2.45) is 0 Å². The smallest absolute Gasteiger partial charge is 0.0349 e. The first kappa shape index (κ1) is 13.9. The summed E-state index contributed by atoms with van der Waals surface area (Å²) in [5.41, 5.74) is 5.62. The second-order valence-corrected chi connectivity index (χ2v) is 4.52. The molecule has 0 spiro atoms. The van der Waals surface area contributed by atoms with Crippen LogP contribution in [0.4, 0.5) is 0 Å². The fourth-order valence-corrected chi connectivity index (χ4v) is 2.79. The molecule has 3 aromatic rings. The first-order valence-corrected chi connectivity index (χ1v) is 5.87. The van der Waals surface area contributed by atoms with Gasteiger partial charge in [0.1, 0.15) is 0 Å². The van der Waals surface area contributed by atoms with E-state index >= 15 is 0 Å². The highest BCUT2D eigenvalue weighted by molar-refractivity contribution is 5.94. The van der Waals surface area contributed by atoms with Crippen molar-refractivity contribution < 1.29 is 0 Å². The highest BCUT2D eigenvalue weighted by atomic mass is 35.5. The summed E-state index contributed by atoms with van der Waals surface area (Å²) in [4.78, 5) is 4.25. The lowest BCUT2D eigenvalue weighted by atomic mass is 10.0. The molecule has 0 saturated carbocycles. The van der Waals surface area contributed by atoms with E-state index < -0.39 is 0 Å². The van der Waals surface area contributed by atoms with Gasteiger partial charge in [-0.15, -0.1) is 24.8 Å². The number of benzene rings is 2. The van der Waals surface area contributed by atoms with Crippen molar-refractivity contribution >= 4 is 35.6 Å². The predicted molar refractivity (Wildman–Crippen MR) is 84.5 cm³/mol. The largest absolute Gasteiger partial charge is 0.264 e. The van der Waals surface area contributed by atoms with Crippen molar-refractivity contribution in [1.82, 2.24) is 4.98 Å². The van der Waals surface area contributed by atoms with Crippen LogP contribution in [-0.4, -0.2) is 4.98 Å². The Balaban J connectivity index is 0.000000667. The number of halogens is 2. The molecule has 0 bridgehead atoms. The van der Waals surface area contributed by atoms with Crippen molar-refractivity contribution in [3.8, 4) is 11.1 Å². The van der Waals surface area contributed by atoms with E-state index in [1.165, 1.54) is 33.0 Å². The van der Waals surface area contributed by atoms with Crippen LogP contribution in [0, 0.1) is 0 Å². The minimum Gasteiger partial charge on any atom is -0.264 e. The van der Waals surface area contributed by atoms with E-state index in [9.17, 15) is 0 Å². The zero-order valence-electron chi connectivity index (χ0n) is 10.2. The number of hydrogen-bond donors (Lipinski definition) is 0. The summed E-state index contributed by atoms with van der Waals surface area (Å²) in [5, 5.41) is 2.58. The van der Waals surface area contributed by atoms with E-state index in [2.05, 4.69) is 47.4 Å². The van der Waals surface area contributed by atoms with Crippen LogP contribution in [0.5, 0.6) is 0 Å². The fraction of sp³-hybridized carbons (Fsp3) is 0.0625. The first-order chi connectivity index (χ1) is 8.43. The minimum atomic E-state index is 0. The average Bonchev–Trinajstić information content (AvgIpc) is 2.78. The SMILES string of the molecule is Cl.Cl.c1ccc2c(c1)Cc1c-2ccc2ccncc12. The molecule has 0 saturated heterocycles. The normalized spacial score (nSPS) is 11.2.